The van der Waals surface area contributed by atoms with Crippen molar-refractivity contribution in [2.24, 2.45) is 0 Å². The average Bonchev–Trinajstić information content (AvgIpc) is 2.19. The topological polar surface area (TPSA) is 9.23 Å². The highest BCUT2D eigenvalue weighted by atomic mass is 19.2. The van der Waals surface area contributed by atoms with Gasteiger partial charge in [0.05, 0.1) is 0 Å². The van der Waals surface area contributed by atoms with Crippen LogP contribution in [-0.4, -0.2) is 6.61 Å². The van der Waals surface area contributed by atoms with Gasteiger partial charge in [-0.2, -0.15) is 0 Å². The second kappa shape index (κ2) is 4.69. The van der Waals surface area contributed by atoms with Crippen molar-refractivity contribution in [3.63, 3.8) is 0 Å². The molecule has 1 aromatic carbocycles. The molecule has 1 nitrogen and oxygen atoms in total. The number of allylic oxidation sites excluding steroid dienone is 1. The van der Waals surface area contributed by atoms with Gasteiger partial charge in [0, 0.05) is 6.07 Å². The van der Waals surface area contributed by atoms with Crippen LogP contribution in [0, 0.1) is 11.6 Å². The first-order valence-electron chi connectivity index (χ1n) is 4.02. The fraction of sp³-hybridized carbons (Fsp3) is 0.200. The van der Waals surface area contributed by atoms with Gasteiger partial charge in [-0.1, -0.05) is 6.08 Å². The van der Waals surface area contributed by atoms with E-state index in [-0.39, 0.29) is 12.4 Å². The summed E-state index contributed by atoms with van der Waals surface area (Å²) in [6.07, 6.45) is 1.24. The summed E-state index contributed by atoms with van der Waals surface area (Å²) in [6, 6.07) is 3.04. The fourth-order valence-corrected chi connectivity index (χ4v) is 0.802. The maximum absolute atomic E-state index is 12.6. The van der Waals surface area contributed by atoms with Crippen molar-refractivity contribution in [2.75, 3.05) is 6.61 Å². The summed E-state index contributed by atoms with van der Waals surface area (Å²) < 4.78 is 42.5. The van der Waals surface area contributed by atoms with Gasteiger partial charge in [-0.25, -0.2) is 13.2 Å². The molecule has 0 aromatic heterocycles. The van der Waals surface area contributed by atoms with E-state index >= 15 is 0 Å². The van der Waals surface area contributed by atoms with Crippen molar-refractivity contribution in [3.05, 3.63) is 41.7 Å². The number of hydrogen-bond acceptors (Lipinski definition) is 1. The average molecular weight is 202 g/mol. The first-order valence-corrected chi connectivity index (χ1v) is 4.02. The third-order valence-corrected chi connectivity index (χ3v) is 1.58. The van der Waals surface area contributed by atoms with Gasteiger partial charge >= 0.3 is 0 Å². The summed E-state index contributed by atoms with van der Waals surface area (Å²) in [5.41, 5.74) is 0. The van der Waals surface area contributed by atoms with E-state index in [4.69, 9.17) is 4.74 Å². The summed E-state index contributed by atoms with van der Waals surface area (Å²) in [5.74, 6) is -2.33. The quantitative estimate of drug-likeness (QED) is 0.731. The standard InChI is InChI=1S/C10H9F3O/c1-2-7(11)6-14-8-3-4-9(12)10(13)5-8/h2-5H,6H2,1H3/b7-2+. The molecule has 0 amide bonds. The minimum Gasteiger partial charge on any atom is -0.486 e. The van der Waals surface area contributed by atoms with Gasteiger partial charge in [-0.05, 0) is 19.1 Å². The summed E-state index contributed by atoms with van der Waals surface area (Å²) in [4.78, 5) is 0. The minimum atomic E-state index is -1.01. The number of rotatable bonds is 3. The van der Waals surface area contributed by atoms with Crippen molar-refractivity contribution in [3.8, 4) is 5.75 Å². The number of ether oxygens (including phenoxy) is 1. The van der Waals surface area contributed by atoms with Crippen LogP contribution in [0.15, 0.2) is 30.1 Å². The Kier molecular flexibility index (Phi) is 3.56. The molecule has 0 atom stereocenters. The zero-order valence-electron chi connectivity index (χ0n) is 7.56. The van der Waals surface area contributed by atoms with Crippen LogP contribution in [0.3, 0.4) is 0 Å². The molecular formula is C10H9F3O. The van der Waals surface area contributed by atoms with E-state index in [0.29, 0.717) is 0 Å². The lowest BCUT2D eigenvalue weighted by atomic mass is 10.3. The van der Waals surface area contributed by atoms with Crippen LogP contribution in [0.4, 0.5) is 13.2 Å². The molecule has 0 aliphatic heterocycles. The summed E-state index contributed by atoms with van der Waals surface area (Å²) in [6.45, 7) is 1.24. The third-order valence-electron chi connectivity index (χ3n) is 1.58. The molecule has 14 heavy (non-hydrogen) atoms. The van der Waals surface area contributed by atoms with Gasteiger partial charge in [-0.15, -0.1) is 0 Å². The number of hydrogen-bond donors (Lipinski definition) is 0. The molecule has 0 saturated heterocycles. The molecule has 0 unspecified atom stereocenters. The zero-order chi connectivity index (χ0) is 10.6. The molecule has 0 aliphatic carbocycles. The predicted molar refractivity (Wildman–Crippen MR) is 46.7 cm³/mol. The second-order valence-corrected chi connectivity index (χ2v) is 2.60. The zero-order valence-corrected chi connectivity index (χ0v) is 7.56. The highest BCUT2D eigenvalue weighted by molar-refractivity contribution is 5.23. The van der Waals surface area contributed by atoms with Crippen molar-refractivity contribution in [1.82, 2.24) is 0 Å². The molecule has 76 valence electrons. The Hall–Kier alpha value is -1.45. The summed E-state index contributed by atoms with van der Waals surface area (Å²) in [5, 5.41) is 0. The summed E-state index contributed by atoms with van der Waals surface area (Å²) >= 11 is 0. The van der Waals surface area contributed by atoms with Gasteiger partial charge in [0.1, 0.15) is 18.2 Å². The molecule has 1 aromatic rings. The van der Waals surface area contributed by atoms with Gasteiger partial charge in [0.25, 0.3) is 0 Å². The van der Waals surface area contributed by atoms with Crippen LogP contribution >= 0.6 is 0 Å². The molecule has 0 radical (unpaired) electrons. The maximum Gasteiger partial charge on any atom is 0.162 e. The Labute approximate surface area is 79.8 Å². The van der Waals surface area contributed by atoms with E-state index in [1.165, 1.54) is 19.1 Å². The normalized spacial score (nSPS) is 11.6. The van der Waals surface area contributed by atoms with E-state index in [9.17, 15) is 13.2 Å². The Morgan fingerprint density at radius 1 is 1.36 bits per heavy atom. The largest absolute Gasteiger partial charge is 0.486 e. The van der Waals surface area contributed by atoms with Crippen LogP contribution in [0.5, 0.6) is 5.75 Å². The van der Waals surface area contributed by atoms with E-state index in [0.717, 1.165) is 12.1 Å². The van der Waals surface area contributed by atoms with Gasteiger partial charge in [0.15, 0.2) is 11.6 Å². The SMILES string of the molecule is C/C=C(/F)COc1ccc(F)c(F)c1. The minimum absolute atomic E-state index is 0.0981. The maximum atomic E-state index is 12.6. The number of halogens is 3. The molecule has 0 spiro atoms. The monoisotopic (exact) mass is 202 g/mol. The molecule has 0 bridgehead atoms. The Balaban J connectivity index is 2.64. The highest BCUT2D eigenvalue weighted by Crippen LogP contribution is 2.16. The van der Waals surface area contributed by atoms with Crippen LogP contribution in [0.2, 0.25) is 0 Å². The molecule has 0 fully saturated rings. The molecular weight excluding hydrogens is 193 g/mol. The van der Waals surface area contributed by atoms with E-state index < -0.39 is 17.5 Å². The Morgan fingerprint density at radius 2 is 2.07 bits per heavy atom. The van der Waals surface area contributed by atoms with Crippen LogP contribution in [0.1, 0.15) is 6.92 Å². The van der Waals surface area contributed by atoms with Crippen LogP contribution in [0.25, 0.3) is 0 Å². The molecule has 0 heterocycles. The lowest BCUT2D eigenvalue weighted by Gasteiger charge is -2.04. The van der Waals surface area contributed by atoms with Gasteiger partial charge < -0.3 is 4.74 Å². The first-order chi connectivity index (χ1) is 6.63. The molecule has 1 rings (SSSR count). The van der Waals surface area contributed by atoms with Crippen LogP contribution in [-0.2, 0) is 0 Å². The van der Waals surface area contributed by atoms with Gasteiger partial charge in [-0.3, -0.25) is 0 Å². The van der Waals surface area contributed by atoms with E-state index in [2.05, 4.69) is 0 Å². The van der Waals surface area contributed by atoms with Crippen molar-refractivity contribution in [1.29, 1.82) is 0 Å². The lowest BCUT2D eigenvalue weighted by molar-refractivity contribution is 0.315. The Morgan fingerprint density at radius 3 is 2.64 bits per heavy atom. The molecule has 0 N–H and O–H groups in total. The van der Waals surface area contributed by atoms with Crippen molar-refractivity contribution < 1.29 is 17.9 Å². The van der Waals surface area contributed by atoms with Crippen molar-refractivity contribution >= 4 is 0 Å². The smallest absolute Gasteiger partial charge is 0.162 e. The van der Waals surface area contributed by atoms with E-state index in [1.54, 1.807) is 0 Å². The highest BCUT2D eigenvalue weighted by Gasteiger charge is 2.03. The lowest BCUT2D eigenvalue weighted by Crippen LogP contribution is -1.98. The molecule has 0 saturated carbocycles. The second-order valence-electron chi connectivity index (χ2n) is 2.60. The van der Waals surface area contributed by atoms with E-state index in [1.807, 2.05) is 0 Å². The molecule has 4 heteroatoms. The fourth-order valence-electron chi connectivity index (χ4n) is 0.802. The third kappa shape index (κ3) is 2.80. The van der Waals surface area contributed by atoms with Crippen LogP contribution < -0.4 is 4.74 Å². The first kappa shape index (κ1) is 10.6. The Bertz CT molecular complexity index is 347. The number of benzene rings is 1. The van der Waals surface area contributed by atoms with Crippen molar-refractivity contribution in [2.45, 2.75) is 6.92 Å². The predicted octanol–water partition coefficient (Wildman–Crippen LogP) is 3.22. The summed E-state index contributed by atoms with van der Waals surface area (Å²) in [7, 11) is 0. The van der Waals surface area contributed by atoms with Gasteiger partial charge in [0.2, 0.25) is 0 Å². The molecule has 0 aliphatic rings.